The number of nitrogens with zero attached hydrogens (tertiary/aromatic N) is 1. The summed E-state index contributed by atoms with van der Waals surface area (Å²) in [5, 5.41) is 13.9. The van der Waals surface area contributed by atoms with Gasteiger partial charge in [0.15, 0.2) is 0 Å². The average molecular weight is 1080 g/mol. The van der Waals surface area contributed by atoms with Crippen LogP contribution in [-0.4, -0.2) is 68.5 Å². The Balaban J connectivity index is 4.04. The Labute approximate surface area is 467 Å². The highest BCUT2D eigenvalue weighted by Crippen LogP contribution is 2.38. The molecular weight excluding hydrogens is 948 g/mol. The van der Waals surface area contributed by atoms with Crippen molar-refractivity contribution in [2.75, 3.05) is 40.9 Å². The highest BCUT2D eigenvalue weighted by atomic mass is 31.2. The molecule has 0 aromatic heterocycles. The first-order valence-electron chi connectivity index (χ1n) is 32.5. The second kappa shape index (κ2) is 57.2. The summed E-state index contributed by atoms with van der Waals surface area (Å²) < 4.78 is 23.4. The fourth-order valence-corrected chi connectivity index (χ4v) is 10.4. The monoisotopic (exact) mass is 1070 g/mol. The van der Waals surface area contributed by atoms with Gasteiger partial charge < -0.3 is 28.8 Å². The maximum atomic E-state index is 13.0. The van der Waals surface area contributed by atoms with E-state index >= 15 is 0 Å². The van der Waals surface area contributed by atoms with Crippen LogP contribution in [0.1, 0.15) is 316 Å². The van der Waals surface area contributed by atoms with Gasteiger partial charge >= 0.3 is 0 Å². The van der Waals surface area contributed by atoms with Gasteiger partial charge in [-0.1, -0.05) is 287 Å². The number of hydrogen-bond acceptors (Lipinski definition) is 6. The van der Waals surface area contributed by atoms with E-state index in [9.17, 15) is 19.4 Å². The molecule has 1 amide bonds. The van der Waals surface area contributed by atoms with Gasteiger partial charge in [-0.2, -0.15) is 0 Å². The standard InChI is InChI=1S/C66H127N2O6P/c1-6-8-10-12-14-16-18-20-22-24-26-27-28-29-30-31-32-33-34-35-36-37-38-39-40-41-42-44-46-48-50-52-54-56-58-60-66(70)67-64(63-74-75(71,72)73-62-61-68(3,4)5)65(69)59-57-55-53-51-49-47-45-43-25-23-21-19-17-15-13-11-9-7-2/h25,31-32,43,49,51,57,59,64-65,69H,6-24,26-30,33-42,44-48,50,52-56,58,60-63H2,1-5H3,(H-,67,70,71,72)/b32-31-,43-25+,51-49+,59-57+. The van der Waals surface area contributed by atoms with E-state index in [0.717, 1.165) is 44.9 Å². The van der Waals surface area contributed by atoms with Gasteiger partial charge in [-0.3, -0.25) is 9.36 Å². The summed E-state index contributed by atoms with van der Waals surface area (Å²) in [6.45, 7) is 4.65. The fraction of sp³-hybridized carbons (Fsp3) is 0.864. The Morgan fingerprint density at radius 1 is 0.453 bits per heavy atom. The number of phosphoric acid groups is 1. The summed E-state index contributed by atoms with van der Waals surface area (Å²) in [5.74, 6) is -0.207. The normalized spacial score (nSPS) is 14.1. The van der Waals surface area contributed by atoms with Gasteiger partial charge in [0.2, 0.25) is 5.91 Å². The van der Waals surface area contributed by atoms with Crippen molar-refractivity contribution >= 4 is 13.7 Å². The summed E-state index contributed by atoms with van der Waals surface area (Å²) in [6, 6.07) is -0.910. The van der Waals surface area contributed by atoms with E-state index in [1.807, 2.05) is 27.2 Å². The van der Waals surface area contributed by atoms with Crippen molar-refractivity contribution < 1.29 is 32.9 Å². The molecule has 2 N–H and O–H groups in total. The summed E-state index contributed by atoms with van der Waals surface area (Å²) in [7, 11) is 1.24. The van der Waals surface area contributed by atoms with Crippen LogP contribution in [0.5, 0.6) is 0 Å². The number of rotatable bonds is 60. The van der Waals surface area contributed by atoms with Crippen LogP contribution >= 0.6 is 7.82 Å². The van der Waals surface area contributed by atoms with Crippen molar-refractivity contribution in [3.8, 4) is 0 Å². The Kier molecular flexibility index (Phi) is 56.0. The number of aliphatic hydroxyl groups excluding tert-OH is 1. The number of allylic oxidation sites excluding steroid dienone is 7. The third kappa shape index (κ3) is 60.0. The molecule has 0 aliphatic rings. The van der Waals surface area contributed by atoms with Crippen molar-refractivity contribution in [2.24, 2.45) is 0 Å². The highest BCUT2D eigenvalue weighted by molar-refractivity contribution is 7.45. The van der Waals surface area contributed by atoms with Gasteiger partial charge in [0.25, 0.3) is 7.82 Å². The molecule has 0 saturated carbocycles. The molecule has 0 saturated heterocycles. The molecule has 0 aliphatic carbocycles. The zero-order valence-corrected chi connectivity index (χ0v) is 51.4. The van der Waals surface area contributed by atoms with E-state index in [1.54, 1.807) is 6.08 Å². The van der Waals surface area contributed by atoms with Crippen molar-refractivity contribution in [1.29, 1.82) is 0 Å². The molecule has 0 radical (unpaired) electrons. The third-order valence-corrected chi connectivity index (χ3v) is 15.7. The molecule has 75 heavy (non-hydrogen) atoms. The summed E-state index contributed by atoms with van der Waals surface area (Å²) in [4.78, 5) is 25.5. The zero-order valence-electron chi connectivity index (χ0n) is 50.5. The van der Waals surface area contributed by atoms with Gasteiger partial charge in [0.05, 0.1) is 39.9 Å². The summed E-state index contributed by atoms with van der Waals surface area (Å²) in [6.07, 6.45) is 76.6. The predicted molar refractivity (Wildman–Crippen MR) is 325 cm³/mol. The molecule has 0 bridgehead atoms. The van der Waals surface area contributed by atoms with E-state index in [1.165, 1.54) is 250 Å². The molecule has 8 nitrogen and oxygen atoms in total. The largest absolute Gasteiger partial charge is 0.756 e. The number of likely N-dealkylation sites (N-methyl/N-ethyl adjacent to an activating group) is 1. The minimum absolute atomic E-state index is 0.00855. The Hall–Kier alpha value is -1.54. The van der Waals surface area contributed by atoms with Crippen LogP contribution in [0.3, 0.4) is 0 Å². The Bertz CT molecular complexity index is 1360. The Morgan fingerprint density at radius 2 is 0.747 bits per heavy atom. The number of nitrogens with one attached hydrogen (secondary N) is 1. The van der Waals surface area contributed by atoms with Crippen LogP contribution in [0.4, 0.5) is 0 Å². The number of carbonyl (C=O) groups excluding carboxylic acids is 1. The van der Waals surface area contributed by atoms with Crippen LogP contribution < -0.4 is 10.2 Å². The number of hydrogen-bond donors (Lipinski definition) is 2. The van der Waals surface area contributed by atoms with Crippen molar-refractivity contribution in [3.05, 3.63) is 48.6 Å². The fourth-order valence-electron chi connectivity index (χ4n) is 9.65. The summed E-state index contributed by atoms with van der Waals surface area (Å²) in [5.41, 5.74) is 0. The molecule has 0 aromatic rings. The van der Waals surface area contributed by atoms with E-state index < -0.39 is 26.6 Å². The van der Waals surface area contributed by atoms with Crippen LogP contribution in [-0.2, 0) is 18.4 Å². The topological polar surface area (TPSA) is 108 Å². The van der Waals surface area contributed by atoms with Gasteiger partial charge in [0.1, 0.15) is 13.2 Å². The maximum absolute atomic E-state index is 13.0. The van der Waals surface area contributed by atoms with Crippen molar-refractivity contribution in [3.63, 3.8) is 0 Å². The van der Waals surface area contributed by atoms with Gasteiger partial charge in [-0.25, -0.2) is 0 Å². The number of quaternary nitrogens is 1. The molecule has 0 spiro atoms. The molecular formula is C66H127N2O6P. The zero-order chi connectivity index (χ0) is 54.9. The number of unbranched alkanes of at least 4 members (excludes halogenated alkanes) is 41. The maximum Gasteiger partial charge on any atom is 0.268 e. The Morgan fingerprint density at radius 3 is 1.08 bits per heavy atom. The molecule has 0 aliphatic heterocycles. The number of aliphatic hydroxyl groups is 1. The van der Waals surface area contributed by atoms with E-state index in [2.05, 4.69) is 55.6 Å². The van der Waals surface area contributed by atoms with E-state index in [4.69, 9.17) is 9.05 Å². The molecule has 0 aromatic carbocycles. The molecule has 0 rings (SSSR count). The molecule has 9 heteroatoms. The van der Waals surface area contributed by atoms with Crippen molar-refractivity contribution in [2.45, 2.75) is 328 Å². The lowest BCUT2D eigenvalue weighted by atomic mass is 10.0. The predicted octanol–water partition coefficient (Wildman–Crippen LogP) is 19.6. The third-order valence-electron chi connectivity index (χ3n) is 14.7. The van der Waals surface area contributed by atoms with Gasteiger partial charge in [0, 0.05) is 6.42 Å². The first-order valence-corrected chi connectivity index (χ1v) is 34.0. The molecule has 0 heterocycles. The molecule has 442 valence electrons. The average Bonchev–Trinajstić information content (AvgIpc) is 3.37. The van der Waals surface area contributed by atoms with E-state index in [-0.39, 0.29) is 12.5 Å². The SMILES string of the molecule is CCCCCCCCCC/C=C/CC/C=C/CC/C=C/C(O)C(COP(=O)([O-])OCC[N+](C)(C)C)NC(=O)CCCCCCCCCCCCCCCCCCC/C=C\CCCCCCCCCCCCCCCC. The quantitative estimate of drug-likeness (QED) is 0.0272. The van der Waals surface area contributed by atoms with Gasteiger partial charge in [-0.15, -0.1) is 0 Å². The smallest absolute Gasteiger partial charge is 0.268 e. The number of amides is 1. The molecule has 0 fully saturated rings. The highest BCUT2D eigenvalue weighted by Gasteiger charge is 2.23. The second-order valence-corrected chi connectivity index (χ2v) is 24.9. The van der Waals surface area contributed by atoms with Gasteiger partial charge in [-0.05, 0) is 70.6 Å². The van der Waals surface area contributed by atoms with Crippen LogP contribution in [0.25, 0.3) is 0 Å². The van der Waals surface area contributed by atoms with Crippen LogP contribution in [0, 0.1) is 0 Å². The lowest BCUT2D eigenvalue weighted by Crippen LogP contribution is -2.45. The first-order chi connectivity index (χ1) is 36.5. The summed E-state index contributed by atoms with van der Waals surface area (Å²) >= 11 is 0. The minimum Gasteiger partial charge on any atom is -0.756 e. The molecule has 3 unspecified atom stereocenters. The van der Waals surface area contributed by atoms with Crippen LogP contribution in [0.2, 0.25) is 0 Å². The lowest BCUT2D eigenvalue weighted by molar-refractivity contribution is -0.870. The lowest BCUT2D eigenvalue weighted by Gasteiger charge is -2.29. The van der Waals surface area contributed by atoms with E-state index in [0.29, 0.717) is 17.4 Å². The molecule has 3 atom stereocenters. The number of carbonyl (C=O) groups is 1. The number of phosphoric ester groups is 1. The van der Waals surface area contributed by atoms with Crippen molar-refractivity contribution in [1.82, 2.24) is 5.32 Å². The second-order valence-electron chi connectivity index (χ2n) is 23.4. The van der Waals surface area contributed by atoms with Crippen LogP contribution in [0.15, 0.2) is 48.6 Å². The minimum atomic E-state index is -4.61. The first kappa shape index (κ1) is 73.5.